The third-order valence-electron chi connectivity index (χ3n) is 2.45. The zero-order chi connectivity index (χ0) is 11.2. The molecule has 15 heavy (non-hydrogen) atoms. The number of aromatic nitrogens is 2. The summed E-state index contributed by atoms with van der Waals surface area (Å²) in [5.41, 5.74) is 2.60. The Kier molecular flexibility index (Phi) is 2.07. The van der Waals surface area contributed by atoms with E-state index in [2.05, 4.69) is 25.8 Å². The Hall–Kier alpha value is -1.38. The average molecular weight is 206 g/mol. The lowest BCUT2D eigenvalue weighted by Gasteiger charge is -2.19. The monoisotopic (exact) mass is 206 g/mol. The first-order valence-electron chi connectivity index (χ1n) is 5.03. The summed E-state index contributed by atoms with van der Waals surface area (Å²) in [6, 6.07) is 1.57. The molecule has 0 aromatic carbocycles. The van der Waals surface area contributed by atoms with E-state index >= 15 is 0 Å². The third-order valence-corrected chi connectivity index (χ3v) is 2.45. The molecule has 3 heteroatoms. The number of imidazole rings is 1. The standard InChI is InChI=1S/C12H15FN2/c1-8-6-15-7-9(13)5-10(11(15)14-8)12(2,3)4/h5-7H,1-4H3. The molecule has 0 spiro atoms. The van der Waals surface area contributed by atoms with E-state index in [1.54, 1.807) is 10.5 Å². The van der Waals surface area contributed by atoms with Gasteiger partial charge in [0.2, 0.25) is 0 Å². The van der Waals surface area contributed by atoms with Gasteiger partial charge in [-0.1, -0.05) is 20.8 Å². The second-order valence-electron chi connectivity index (χ2n) is 4.94. The number of nitrogens with zero attached hydrogens (tertiary/aromatic N) is 2. The second-order valence-corrected chi connectivity index (χ2v) is 4.94. The van der Waals surface area contributed by atoms with Gasteiger partial charge >= 0.3 is 0 Å². The summed E-state index contributed by atoms with van der Waals surface area (Å²) in [5.74, 6) is -0.218. The SMILES string of the molecule is Cc1cn2cc(F)cc(C(C)(C)C)c2n1. The Labute approximate surface area is 88.8 Å². The molecule has 2 aromatic heterocycles. The van der Waals surface area contributed by atoms with Crippen LogP contribution >= 0.6 is 0 Å². The van der Waals surface area contributed by atoms with Crippen molar-refractivity contribution in [3.8, 4) is 0 Å². The van der Waals surface area contributed by atoms with Crippen LogP contribution in [0.1, 0.15) is 32.0 Å². The molecule has 2 nitrogen and oxygen atoms in total. The van der Waals surface area contributed by atoms with Crippen molar-refractivity contribution in [1.82, 2.24) is 9.38 Å². The highest BCUT2D eigenvalue weighted by Gasteiger charge is 2.19. The molecule has 0 atom stereocenters. The van der Waals surface area contributed by atoms with Crippen LogP contribution in [0.25, 0.3) is 5.65 Å². The van der Waals surface area contributed by atoms with Gasteiger partial charge in [-0.05, 0) is 18.4 Å². The summed E-state index contributed by atoms with van der Waals surface area (Å²) < 4.78 is 15.1. The highest BCUT2D eigenvalue weighted by Crippen LogP contribution is 2.26. The minimum atomic E-state index is -0.218. The van der Waals surface area contributed by atoms with Gasteiger partial charge in [0.05, 0.1) is 5.69 Å². The van der Waals surface area contributed by atoms with Crippen molar-refractivity contribution in [1.29, 1.82) is 0 Å². The predicted molar refractivity (Wildman–Crippen MR) is 58.6 cm³/mol. The summed E-state index contributed by atoms with van der Waals surface area (Å²) in [7, 11) is 0. The first-order chi connectivity index (χ1) is 6.88. The number of hydrogen-bond donors (Lipinski definition) is 0. The maximum absolute atomic E-state index is 13.4. The van der Waals surface area contributed by atoms with E-state index in [4.69, 9.17) is 0 Å². The van der Waals surface area contributed by atoms with Crippen molar-refractivity contribution in [2.75, 3.05) is 0 Å². The molecule has 0 aliphatic rings. The number of pyridine rings is 1. The minimum Gasteiger partial charge on any atom is -0.304 e. The van der Waals surface area contributed by atoms with Gasteiger partial charge in [-0.25, -0.2) is 9.37 Å². The second kappa shape index (κ2) is 3.05. The van der Waals surface area contributed by atoms with Gasteiger partial charge in [-0.3, -0.25) is 0 Å². The highest BCUT2D eigenvalue weighted by atomic mass is 19.1. The van der Waals surface area contributed by atoms with Crippen molar-refractivity contribution in [2.24, 2.45) is 0 Å². The van der Waals surface area contributed by atoms with E-state index in [1.165, 1.54) is 6.20 Å². The molecule has 80 valence electrons. The maximum Gasteiger partial charge on any atom is 0.140 e. The smallest absolute Gasteiger partial charge is 0.140 e. The molecule has 0 saturated carbocycles. The third kappa shape index (κ3) is 1.74. The topological polar surface area (TPSA) is 17.3 Å². The zero-order valence-corrected chi connectivity index (χ0v) is 9.50. The molecule has 0 amide bonds. The molecule has 2 heterocycles. The Morgan fingerprint density at radius 3 is 2.53 bits per heavy atom. The molecular weight excluding hydrogens is 191 g/mol. The van der Waals surface area contributed by atoms with Crippen LogP contribution in [0.4, 0.5) is 4.39 Å². The molecule has 0 aliphatic heterocycles. The molecule has 0 bridgehead atoms. The number of halogens is 1. The lowest BCUT2D eigenvalue weighted by atomic mass is 9.88. The normalized spacial score (nSPS) is 12.3. The van der Waals surface area contributed by atoms with Gasteiger partial charge in [-0.2, -0.15) is 0 Å². The van der Waals surface area contributed by atoms with Crippen LogP contribution in [0.2, 0.25) is 0 Å². The Morgan fingerprint density at radius 2 is 1.93 bits per heavy atom. The van der Waals surface area contributed by atoms with Crippen molar-refractivity contribution < 1.29 is 4.39 Å². The molecule has 0 radical (unpaired) electrons. The van der Waals surface area contributed by atoms with Crippen LogP contribution in [0.15, 0.2) is 18.5 Å². The van der Waals surface area contributed by atoms with Gasteiger partial charge in [0.1, 0.15) is 11.5 Å². The largest absolute Gasteiger partial charge is 0.304 e. The highest BCUT2D eigenvalue weighted by molar-refractivity contribution is 5.52. The first kappa shape index (κ1) is 10.1. The number of aryl methyl sites for hydroxylation is 1. The van der Waals surface area contributed by atoms with Crippen LogP contribution in [-0.2, 0) is 5.41 Å². The quantitative estimate of drug-likeness (QED) is 0.647. The predicted octanol–water partition coefficient (Wildman–Crippen LogP) is 3.08. The molecular formula is C12H15FN2. The van der Waals surface area contributed by atoms with Crippen LogP contribution in [0, 0.1) is 12.7 Å². The van der Waals surface area contributed by atoms with Gasteiger partial charge in [0.15, 0.2) is 0 Å². The van der Waals surface area contributed by atoms with Crippen LogP contribution in [-0.4, -0.2) is 9.38 Å². The van der Waals surface area contributed by atoms with Crippen LogP contribution in [0.5, 0.6) is 0 Å². The minimum absolute atomic E-state index is 0.0961. The van der Waals surface area contributed by atoms with Gasteiger partial charge < -0.3 is 4.40 Å². The fourth-order valence-corrected chi connectivity index (χ4v) is 1.74. The first-order valence-corrected chi connectivity index (χ1v) is 5.03. The number of hydrogen-bond acceptors (Lipinski definition) is 1. The van der Waals surface area contributed by atoms with E-state index in [0.29, 0.717) is 0 Å². The maximum atomic E-state index is 13.4. The molecule has 2 aromatic rings. The molecule has 0 unspecified atom stereocenters. The van der Waals surface area contributed by atoms with Crippen LogP contribution < -0.4 is 0 Å². The van der Waals surface area contributed by atoms with Crippen LogP contribution in [0.3, 0.4) is 0 Å². The van der Waals surface area contributed by atoms with E-state index in [9.17, 15) is 4.39 Å². The molecule has 0 fully saturated rings. The molecule has 2 rings (SSSR count). The fourth-order valence-electron chi connectivity index (χ4n) is 1.74. The van der Waals surface area contributed by atoms with Gasteiger partial charge in [-0.15, -0.1) is 0 Å². The molecule has 0 aliphatic carbocycles. The average Bonchev–Trinajstić information content (AvgIpc) is 2.41. The summed E-state index contributed by atoms with van der Waals surface area (Å²) in [6.45, 7) is 8.10. The summed E-state index contributed by atoms with van der Waals surface area (Å²) in [6.07, 6.45) is 3.30. The zero-order valence-electron chi connectivity index (χ0n) is 9.50. The van der Waals surface area contributed by atoms with Gasteiger partial charge in [0, 0.05) is 18.0 Å². The summed E-state index contributed by atoms with van der Waals surface area (Å²) in [4.78, 5) is 4.42. The molecule has 0 N–H and O–H groups in total. The van der Waals surface area contributed by atoms with E-state index in [0.717, 1.165) is 16.9 Å². The van der Waals surface area contributed by atoms with Crippen molar-refractivity contribution >= 4 is 5.65 Å². The van der Waals surface area contributed by atoms with Crippen molar-refractivity contribution in [3.05, 3.63) is 35.5 Å². The Morgan fingerprint density at radius 1 is 1.27 bits per heavy atom. The van der Waals surface area contributed by atoms with Crippen molar-refractivity contribution in [3.63, 3.8) is 0 Å². The number of rotatable bonds is 0. The summed E-state index contributed by atoms with van der Waals surface area (Å²) >= 11 is 0. The lowest BCUT2D eigenvalue weighted by molar-refractivity contribution is 0.569. The summed E-state index contributed by atoms with van der Waals surface area (Å²) in [5, 5.41) is 0. The van der Waals surface area contributed by atoms with Gasteiger partial charge in [0.25, 0.3) is 0 Å². The fraction of sp³-hybridized carbons (Fsp3) is 0.417. The lowest BCUT2D eigenvalue weighted by Crippen LogP contribution is -2.13. The number of fused-ring (bicyclic) bond motifs is 1. The van der Waals surface area contributed by atoms with Crippen molar-refractivity contribution in [2.45, 2.75) is 33.1 Å². The van der Waals surface area contributed by atoms with E-state index in [1.807, 2.05) is 13.1 Å². The van der Waals surface area contributed by atoms with E-state index < -0.39 is 0 Å². The Balaban J connectivity index is 2.82. The molecule has 0 saturated heterocycles. The Bertz CT molecular complexity index is 506. The van der Waals surface area contributed by atoms with E-state index in [-0.39, 0.29) is 11.2 Å².